The summed E-state index contributed by atoms with van der Waals surface area (Å²) in [4.78, 5) is 2.49. The molecule has 0 unspecified atom stereocenters. The van der Waals surface area contributed by atoms with Gasteiger partial charge in [0.1, 0.15) is 0 Å². The Morgan fingerprint density at radius 3 is 2.32 bits per heavy atom. The highest BCUT2D eigenvalue weighted by Crippen LogP contribution is 2.17. The lowest BCUT2D eigenvalue weighted by Gasteiger charge is -2.30. The van der Waals surface area contributed by atoms with Crippen LogP contribution in [-0.4, -0.2) is 30.1 Å². The topological polar surface area (TPSA) is 15.3 Å². The van der Waals surface area contributed by atoms with Crippen molar-refractivity contribution >= 4 is 11.6 Å². The largest absolute Gasteiger partial charge is 0.311 e. The van der Waals surface area contributed by atoms with E-state index in [0.717, 1.165) is 24.7 Å². The molecule has 108 valence electrons. The molecule has 0 aromatic heterocycles. The summed E-state index contributed by atoms with van der Waals surface area (Å²) in [7, 11) is 0. The van der Waals surface area contributed by atoms with Gasteiger partial charge in [-0.3, -0.25) is 4.90 Å². The van der Waals surface area contributed by atoms with E-state index < -0.39 is 0 Å². The molecule has 0 aliphatic rings. The summed E-state index contributed by atoms with van der Waals surface area (Å²) in [6.07, 6.45) is 0. The highest BCUT2D eigenvalue weighted by atomic mass is 35.5. The van der Waals surface area contributed by atoms with Crippen LogP contribution in [0.1, 0.15) is 38.8 Å². The lowest BCUT2D eigenvalue weighted by atomic mass is 10.1. The van der Waals surface area contributed by atoms with Crippen molar-refractivity contribution < 1.29 is 0 Å². The normalized spacial score (nSPS) is 11.8. The summed E-state index contributed by atoms with van der Waals surface area (Å²) in [5.41, 5.74) is 2.38. The first-order valence-corrected chi connectivity index (χ1v) is 7.51. The fraction of sp³-hybridized carbons (Fsp3) is 0.625. The van der Waals surface area contributed by atoms with E-state index in [1.807, 2.05) is 6.07 Å². The van der Waals surface area contributed by atoms with Crippen molar-refractivity contribution in [3.8, 4) is 0 Å². The van der Waals surface area contributed by atoms with Gasteiger partial charge < -0.3 is 5.32 Å². The van der Waals surface area contributed by atoms with Crippen LogP contribution in [0.4, 0.5) is 0 Å². The summed E-state index contributed by atoms with van der Waals surface area (Å²) < 4.78 is 0. The zero-order chi connectivity index (χ0) is 14.4. The monoisotopic (exact) mass is 282 g/mol. The fourth-order valence-corrected chi connectivity index (χ4v) is 2.64. The average molecular weight is 283 g/mol. The molecule has 1 aromatic carbocycles. The SMILES string of the molecule is Cc1ccc(CNCCN(C(C)C)C(C)C)c(Cl)c1. The van der Waals surface area contributed by atoms with Gasteiger partial charge in [0.15, 0.2) is 0 Å². The number of benzene rings is 1. The Morgan fingerprint density at radius 2 is 1.79 bits per heavy atom. The van der Waals surface area contributed by atoms with E-state index in [-0.39, 0.29) is 0 Å². The molecule has 1 N–H and O–H groups in total. The molecule has 0 heterocycles. The number of hydrogen-bond donors (Lipinski definition) is 1. The van der Waals surface area contributed by atoms with Gasteiger partial charge in [0.05, 0.1) is 0 Å². The average Bonchev–Trinajstić information content (AvgIpc) is 2.30. The highest BCUT2D eigenvalue weighted by molar-refractivity contribution is 6.31. The van der Waals surface area contributed by atoms with Gasteiger partial charge in [-0.2, -0.15) is 0 Å². The molecular formula is C16H27ClN2. The fourth-order valence-electron chi connectivity index (χ4n) is 2.34. The molecule has 0 atom stereocenters. The summed E-state index contributed by atoms with van der Waals surface area (Å²) in [5, 5.41) is 4.33. The van der Waals surface area contributed by atoms with Crippen molar-refractivity contribution in [1.29, 1.82) is 0 Å². The van der Waals surface area contributed by atoms with Crippen LogP contribution in [0.25, 0.3) is 0 Å². The Bertz CT molecular complexity index is 380. The second kappa shape index (κ2) is 7.88. The maximum absolute atomic E-state index is 6.22. The molecule has 0 bridgehead atoms. The van der Waals surface area contributed by atoms with Gasteiger partial charge in [-0.25, -0.2) is 0 Å². The summed E-state index contributed by atoms with van der Waals surface area (Å²) in [5.74, 6) is 0. The Hall–Kier alpha value is -0.570. The van der Waals surface area contributed by atoms with Gasteiger partial charge in [0, 0.05) is 36.7 Å². The van der Waals surface area contributed by atoms with Crippen LogP contribution in [0.3, 0.4) is 0 Å². The van der Waals surface area contributed by atoms with Crippen LogP contribution >= 0.6 is 11.6 Å². The van der Waals surface area contributed by atoms with E-state index in [9.17, 15) is 0 Å². The Labute approximate surface area is 123 Å². The number of nitrogens with one attached hydrogen (secondary N) is 1. The first-order valence-electron chi connectivity index (χ1n) is 7.13. The van der Waals surface area contributed by atoms with E-state index in [0.29, 0.717) is 12.1 Å². The maximum Gasteiger partial charge on any atom is 0.0453 e. The lowest BCUT2D eigenvalue weighted by molar-refractivity contribution is 0.176. The van der Waals surface area contributed by atoms with E-state index in [2.05, 4.69) is 57.0 Å². The molecule has 0 radical (unpaired) electrons. The van der Waals surface area contributed by atoms with Gasteiger partial charge in [-0.05, 0) is 51.8 Å². The standard InChI is InChI=1S/C16H27ClN2/c1-12(2)19(13(3)4)9-8-18-11-15-7-6-14(5)10-16(15)17/h6-7,10,12-13,18H,8-9,11H2,1-5H3. The van der Waals surface area contributed by atoms with Crippen LogP contribution in [0, 0.1) is 6.92 Å². The van der Waals surface area contributed by atoms with Crippen LogP contribution in [0.2, 0.25) is 5.02 Å². The number of nitrogens with zero attached hydrogens (tertiary/aromatic N) is 1. The van der Waals surface area contributed by atoms with Crippen LogP contribution in [0.5, 0.6) is 0 Å². The molecule has 1 rings (SSSR count). The van der Waals surface area contributed by atoms with Gasteiger partial charge in [0.2, 0.25) is 0 Å². The third-order valence-electron chi connectivity index (χ3n) is 3.40. The van der Waals surface area contributed by atoms with E-state index in [1.165, 1.54) is 11.1 Å². The van der Waals surface area contributed by atoms with Crippen LogP contribution < -0.4 is 5.32 Å². The second-order valence-electron chi connectivity index (χ2n) is 5.70. The van der Waals surface area contributed by atoms with Crippen LogP contribution in [-0.2, 0) is 6.54 Å². The van der Waals surface area contributed by atoms with Gasteiger partial charge in [-0.15, -0.1) is 0 Å². The van der Waals surface area contributed by atoms with Crippen molar-refractivity contribution in [3.63, 3.8) is 0 Å². The maximum atomic E-state index is 6.22. The second-order valence-corrected chi connectivity index (χ2v) is 6.10. The minimum absolute atomic E-state index is 0.588. The van der Waals surface area contributed by atoms with Gasteiger partial charge >= 0.3 is 0 Å². The first kappa shape index (κ1) is 16.5. The van der Waals surface area contributed by atoms with Crippen molar-refractivity contribution in [2.45, 2.75) is 53.2 Å². The molecule has 0 amide bonds. The van der Waals surface area contributed by atoms with E-state index >= 15 is 0 Å². The minimum atomic E-state index is 0.588. The molecule has 0 saturated carbocycles. The third kappa shape index (κ3) is 5.52. The summed E-state index contributed by atoms with van der Waals surface area (Å²) in [6.45, 7) is 13.9. The first-order chi connectivity index (χ1) is 8.91. The Kier molecular flexibility index (Phi) is 6.84. The zero-order valence-corrected chi connectivity index (χ0v) is 13.6. The zero-order valence-electron chi connectivity index (χ0n) is 12.8. The molecular weight excluding hydrogens is 256 g/mol. The predicted molar refractivity (Wildman–Crippen MR) is 84.9 cm³/mol. The van der Waals surface area contributed by atoms with E-state index in [4.69, 9.17) is 11.6 Å². The quantitative estimate of drug-likeness (QED) is 0.764. The smallest absolute Gasteiger partial charge is 0.0453 e. The van der Waals surface area contributed by atoms with Crippen molar-refractivity contribution in [2.75, 3.05) is 13.1 Å². The lowest BCUT2D eigenvalue weighted by Crippen LogP contribution is -2.41. The molecule has 0 spiro atoms. The minimum Gasteiger partial charge on any atom is -0.311 e. The Morgan fingerprint density at radius 1 is 1.16 bits per heavy atom. The number of halogens is 1. The van der Waals surface area contributed by atoms with Gasteiger partial charge in [-0.1, -0.05) is 23.7 Å². The highest BCUT2D eigenvalue weighted by Gasteiger charge is 2.12. The third-order valence-corrected chi connectivity index (χ3v) is 3.75. The number of hydrogen-bond acceptors (Lipinski definition) is 2. The molecule has 0 aliphatic carbocycles. The number of aryl methyl sites for hydroxylation is 1. The van der Waals surface area contributed by atoms with E-state index in [1.54, 1.807) is 0 Å². The molecule has 1 aromatic rings. The molecule has 3 heteroatoms. The van der Waals surface area contributed by atoms with Crippen LogP contribution in [0.15, 0.2) is 18.2 Å². The van der Waals surface area contributed by atoms with Crippen molar-refractivity contribution in [2.24, 2.45) is 0 Å². The molecule has 2 nitrogen and oxygen atoms in total. The van der Waals surface area contributed by atoms with Gasteiger partial charge in [0.25, 0.3) is 0 Å². The predicted octanol–water partition coefficient (Wildman–Crippen LogP) is 3.86. The molecule has 0 aliphatic heterocycles. The summed E-state index contributed by atoms with van der Waals surface area (Å²) >= 11 is 6.22. The molecule has 0 fully saturated rings. The summed E-state index contributed by atoms with van der Waals surface area (Å²) in [6, 6.07) is 7.41. The molecule has 19 heavy (non-hydrogen) atoms. The number of rotatable bonds is 7. The van der Waals surface area contributed by atoms with Crippen molar-refractivity contribution in [1.82, 2.24) is 10.2 Å². The molecule has 0 saturated heterocycles. The van der Waals surface area contributed by atoms with Crippen molar-refractivity contribution in [3.05, 3.63) is 34.3 Å². The Balaban J connectivity index is 2.38.